The Morgan fingerprint density at radius 2 is 1.65 bits per heavy atom. The van der Waals surface area contributed by atoms with Crippen LogP contribution in [-0.4, -0.2) is 24.9 Å². The maximum absolute atomic E-state index is 12.1. The molecule has 1 amide bonds. The number of benzene rings is 2. The fraction of sp³-hybridized carbons (Fsp3) is 0.222. The highest BCUT2D eigenvalue weighted by Gasteiger charge is 2.17. The fourth-order valence-electron chi connectivity index (χ4n) is 2.26. The molecule has 0 spiro atoms. The fourth-order valence-corrected chi connectivity index (χ4v) is 2.26. The Balaban J connectivity index is 1.73. The standard InChI is InChI=1S/C18H17NO4/c1-12-3-5-13(6-4-12)17(20)18(21)19-14-7-8-15-16(11-14)23-10-2-9-22-15/h3-8,11H,2,9-10H2,1H3,(H,19,21). The van der Waals surface area contributed by atoms with Gasteiger partial charge in [0.05, 0.1) is 13.2 Å². The number of carbonyl (C=O) groups excluding carboxylic acids is 2. The highest BCUT2D eigenvalue weighted by Crippen LogP contribution is 2.32. The van der Waals surface area contributed by atoms with Crippen LogP contribution in [0.15, 0.2) is 42.5 Å². The maximum Gasteiger partial charge on any atom is 0.296 e. The number of carbonyl (C=O) groups is 2. The van der Waals surface area contributed by atoms with Crippen LogP contribution in [0, 0.1) is 6.92 Å². The second-order valence-electron chi connectivity index (χ2n) is 5.36. The third-order valence-corrected chi connectivity index (χ3v) is 3.53. The molecule has 0 atom stereocenters. The zero-order valence-electron chi connectivity index (χ0n) is 12.8. The molecule has 118 valence electrons. The van der Waals surface area contributed by atoms with Gasteiger partial charge in [-0.15, -0.1) is 0 Å². The van der Waals surface area contributed by atoms with E-state index in [2.05, 4.69) is 5.32 Å². The molecule has 0 bridgehead atoms. The normalized spacial score (nSPS) is 13.1. The topological polar surface area (TPSA) is 64.6 Å². The summed E-state index contributed by atoms with van der Waals surface area (Å²) < 4.78 is 11.1. The van der Waals surface area contributed by atoms with Crippen LogP contribution in [0.2, 0.25) is 0 Å². The number of ether oxygens (including phenoxy) is 2. The molecule has 1 aliphatic heterocycles. The lowest BCUT2D eigenvalue weighted by Gasteiger charge is -2.10. The quantitative estimate of drug-likeness (QED) is 0.699. The molecule has 5 nitrogen and oxygen atoms in total. The van der Waals surface area contributed by atoms with Crippen LogP contribution in [0.3, 0.4) is 0 Å². The number of ketones is 1. The lowest BCUT2D eigenvalue weighted by molar-refractivity contribution is -0.112. The molecule has 5 heteroatoms. The van der Waals surface area contributed by atoms with E-state index in [1.807, 2.05) is 6.92 Å². The summed E-state index contributed by atoms with van der Waals surface area (Å²) >= 11 is 0. The lowest BCUT2D eigenvalue weighted by Crippen LogP contribution is -2.22. The van der Waals surface area contributed by atoms with Crippen molar-refractivity contribution in [3.63, 3.8) is 0 Å². The summed E-state index contributed by atoms with van der Waals surface area (Å²) in [4.78, 5) is 24.2. The van der Waals surface area contributed by atoms with Gasteiger partial charge in [-0.2, -0.15) is 0 Å². The van der Waals surface area contributed by atoms with Gasteiger partial charge in [0.25, 0.3) is 11.7 Å². The molecule has 2 aromatic rings. The van der Waals surface area contributed by atoms with Gasteiger partial charge in [0.2, 0.25) is 0 Å². The average Bonchev–Trinajstić information content (AvgIpc) is 2.79. The zero-order valence-corrected chi connectivity index (χ0v) is 12.8. The van der Waals surface area contributed by atoms with Crippen molar-refractivity contribution in [3.8, 4) is 11.5 Å². The van der Waals surface area contributed by atoms with Crippen LogP contribution >= 0.6 is 0 Å². The van der Waals surface area contributed by atoms with E-state index in [4.69, 9.17) is 9.47 Å². The molecule has 0 saturated heterocycles. The third-order valence-electron chi connectivity index (χ3n) is 3.53. The summed E-state index contributed by atoms with van der Waals surface area (Å²) in [5.41, 5.74) is 1.90. The van der Waals surface area contributed by atoms with Crippen LogP contribution in [-0.2, 0) is 4.79 Å². The summed E-state index contributed by atoms with van der Waals surface area (Å²) in [6.45, 7) is 3.09. The molecule has 0 saturated carbocycles. The first-order valence-corrected chi connectivity index (χ1v) is 7.45. The molecule has 0 aromatic heterocycles. The first kappa shape index (κ1) is 15.1. The number of anilines is 1. The van der Waals surface area contributed by atoms with Crippen LogP contribution in [0.25, 0.3) is 0 Å². The first-order chi connectivity index (χ1) is 11.1. The number of aryl methyl sites for hydroxylation is 1. The molecule has 0 radical (unpaired) electrons. The Morgan fingerprint density at radius 3 is 2.39 bits per heavy atom. The largest absolute Gasteiger partial charge is 0.490 e. The number of hydrogen-bond acceptors (Lipinski definition) is 4. The summed E-state index contributed by atoms with van der Waals surface area (Å²) in [5.74, 6) is -0.0334. The van der Waals surface area contributed by atoms with E-state index in [1.54, 1.807) is 42.5 Å². The van der Waals surface area contributed by atoms with E-state index in [-0.39, 0.29) is 0 Å². The first-order valence-electron chi connectivity index (χ1n) is 7.45. The van der Waals surface area contributed by atoms with Crippen LogP contribution < -0.4 is 14.8 Å². The Hall–Kier alpha value is -2.82. The molecular formula is C18H17NO4. The molecule has 2 aromatic carbocycles. The summed E-state index contributed by atoms with van der Waals surface area (Å²) in [7, 11) is 0. The molecule has 23 heavy (non-hydrogen) atoms. The van der Waals surface area contributed by atoms with Gasteiger partial charge in [0.15, 0.2) is 11.5 Å². The van der Waals surface area contributed by atoms with Gasteiger partial charge in [-0.1, -0.05) is 29.8 Å². The van der Waals surface area contributed by atoms with Gasteiger partial charge in [-0.25, -0.2) is 0 Å². The van der Waals surface area contributed by atoms with Crippen molar-refractivity contribution in [2.45, 2.75) is 13.3 Å². The molecule has 1 N–H and O–H groups in total. The number of hydrogen-bond donors (Lipinski definition) is 1. The summed E-state index contributed by atoms with van der Waals surface area (Å²) in [6.07, 6.45) is 0.808. The highest BCUT2D eigenvalue weighted by molar-refractivity contribution is 6.46. The van der Waals surface area contributed by atoms with Gasteiger partial charge in [-0.05, 0) is 19.1 Å². The molecular weight excluding hydrogens is 294 g/mol. The second kappa shape index (κ2) is 6.52. The molecule has 1 heterocycles. The maximum atomic E-state index is 12.1. The average molecular weight is 311 g/mol. The van der Waals surface area contributed by atoms with Crippen LogP contribution in [0.1, 0.15) is 22.3 Å². The number of Topliss-reactive ketones (excluding diaryl/α,β-unsaturated/α-hetero) is 1. The predicted molar refractivity (Wildman–Crippen MR) is 86.2 cm³/mol. The van der Waals surface area contributed by atoms with Crippen molar-refractivity contribution in [3.05, 3.63) is 53.6 Å². The minimum atomic E-state index is -0.677. The van der Waals surface area contributed by atoms with Crippen molar-refractivity contribution < 1.29 is 19.1 Å². The Labute approximate surface area is 134 Å². The van der Waals surface area contributed by atoms with E-state index in [1.165, 1.54) is 0 Å². The third kappa shape index (κ3) is 3.51. The number of nitrogens with one attached hydrogen (secondary N) is 1. The van der Waals surface area contributed by atoms with Crippen LogP contribution in [0.4, 0.5) is 5.69 Å². The van der Waals surface area contributed by atoms with E-state index in [0.29, 0.717) is 36.0 Å². The van der Waals surface area contributed by atoms with Gasteiger partial charge in [-0.3, -0.25) is 9.59 Å². The zero-order chi connectivity index (χ0) is 16.2. The van der Waals surface area contributed by atoms with E-state index in [9.17, 15) is 9.59 Å². The predicted octanol–water partition coefficient (Wildman–Crippen LogP) is 2.98. The Morgan fingerprint density at radius 1 is 0.957 bits per heavy atom. The molecule has 3 rings (SSSR count). The molecule has 0 fully saturated rings. The van der Waals surface area contributed by atoms with Gasteiger partial charge < -0.3 is 14.8 Å². The van der Waals surface area contributed by atoms with Gasteiger partial charge in [0.1, 0.15) is 0 Å². The van der Waals surface area contributed by atoms with Crippen LogP contribution in [0.5, 0.6) is 11.5 Å². The Kier molecular flexibility index (Phi) is 4.28. The minimum absolute atomic E-state index is 0.363. The molecule has 1 aliphatic rings. The molecule has 0 unspecified atom stereocenters. The van der Waals surface area contributed by atoms with E-state index < -0.39 is 11.7 Å². The monoisotopic (exact) mass is 311 g/mol. The van der Waals surface area contributed by atoms with Crippen molar-refractivity contribution >= 4 is 17.4 Å². The highest BCUT2D eigenvalue weighted by atomic mass is 16.5. The lowest BCUT2D eigenvalue weighted by atomic mass is 10.1. The smallest absolute Gasteiger partial charge is 0.296 e. The number of amides is 1. The van der Waals surface area contributed by atoms with Crippen molar-refractivity contribution in [1.82, 2.24) is 0 Å². The SMILES string of the molecule is Cc1ccc(C(=O)C(=O)Nc2ccc3c(c2)OCCCO3)cc1. The van der Waals surface area contributed by atoms with Gasteiger partial charge in [0, 0.05) is 23.7 Å². The number of fused-ring (bicyclic) bond motifs is 1. The van der Waals surface area contributed by atoms with Crippen molar-refractivity contribution in [2.24, 2.45) is 0 Å². The van der Waals surface area contributed by atoms with Crippen molar-refractivity contribution in [1.29, 1.82) is 0 Å². The molecule has 0 aliphatic carbocycles. The second-order valence-corrected chi connectivity index (χ2v) is 5.36. The minimum Gasteiger partial charge on any atom is -0.490 e. The summed E-state index contributed by atoms with van der Waals surface area (Å²) in [6, 6.07) is 12.0. The van der Waals surface area contributed by atoms with Crippen molar-refractivity contribution in [2.75, 3.05) is 18.5 Å². The van der Waals surface area contributed by atoms with Gasteiger partial charge >= 0.3 is 0 Å². The number of rotatable bonds is 3. The van der Waals surface area contributed by atoms with E-state index >= 15 is 0 Å². The Bertz CT molecular complexity index is 737. The van der Waals surface area contributed by atoms with E-state index in [0.717, 1.165) is 12.0 Å². The summed E-state index contributed by atoms with van der Waals surface area (Å²) in [5, 5.41) is 2.60.